The van der Waals surface area contributed by atoms with Gasteiger partial charge in [-0.25, -0.2) is 13.1 Å². The fourth-order valence-corrected chi connectivity index (χ4v) is 5.48. The molecule has 2 aliphatic rings. The highest BCUT2D eigenvalue weighted by Crippen LogP contribution is 2.49. The maximum absolute atomic E-state index is 12.6. The van der Waals surface area contributed by atoms with E-state index >= 15 is 0 Å². The number of carbonyl (C=O) groups excluding carboxylic acids is 1. The minimum atomic E-state index is -3.51. The molecule has 4 rings (SSSR count). The highest BCUT2D eigenvalue weighted by molar-refractivity contribution is 7.89. The van der Waals surface area contributed by atoms with Crippen molar-refractivity contribution >= 4 is 15.9 Å². The Hall–Kier alpha value is -2.32. The van der Waals surface area contributed by atoms with Crippen LogP contribution in [0.1, 0.15) is 36.0 Å². The Bertz CT molecular complexity index is 910. The third-order valence-electron chi connectivity index (χ3n) is 5.90. The summed E-state index contributed by atoms with van der Waals surface area (Å²) in [6.45, 7) is 1.26. The maximum Gasteiger partial charge on any atom is 0.255 e. The first-order valence-electron chi connectivity index (χ1n) is 9.14. The summed E-state index contributed by atoms with van der Waals surface area (Å²) >= 11 is 0. The molecule has 27 heavy (non-hydrogen) atoms. The highest BCUT2D eigenvalue weighted by Gasteiger charge is 2.50. The molecule has 1 saturated heterocycles. The number of piperidine rings is 1. The predicted molar refractivity (Wildman–Crippen MR) is 99.4 cm³/mol. The second-order valence-corrected chi connectivity index (χ2v) is 9.03. The molecule has 0 bridgehead atoms. The zero-order valence-electron chi connectivity index (χ0n) is 14.9. The Morgan fingerprint density at radius 2 is 1.81 bits per heavy atom. The Labute approximate surface area is 158 Å². The standard InChI is InChI=1S/C19H22N4O3S/c24-18(15-7-11-20-21-14-15)23-12-9-19(10-13-23)8-6-17(19)22-27(25,26)16-4-2-1-3-5-16/h1-5,7,11,14,17,22H,6,8-10,12-13H2/t17-/m0/s1. The quantitative estimate of drug-likeness (QED) is 0.866. The Kier molecular flexibility index (Phi) is 4.69. The molecule has 1 spiro atoms. The SMILES string of the molecule is O=C(c1ccnnc1)N1CCC2(CC[C@@H]2NS(=O)(=O)c2ccccc2)CC1. The normalized spacial score (nSPS) is 21.6. The molecule has 1 N–H and O–H groups in total. The van der Waals surface area contributed by atoms with Crippen LogP contribution >= 0.6 is 0 Å². The van der Waals surface area contributed by atoms with Crippen molar-refractivity contribution in [1.29, 1.82) is 0 Å². The molecule has 1 atom stereocenters. The number of amides is 1. The zero-order valence-corrected chi connectivity index (χ0v) is 15.7. The van der Waals surface area contributed by atoms with Crippen molar-refractivity contribution in [3.63, 3.8) is 0 Å². The van der Waals surface area contributed by atoms with Gasteiger partial charge in [0.05, 0.1) is 22.9 Å². The first-order chi connectivity index (χ1) is 13.0. The number of hydrogen-bond acceptors (Lipinski definition) is 5. The van der Waals surface area contributed by atoms with Gasteiger partial charge < -0.3 is 4.90 Å². The molecular formula is C19H22N4O3S. The van der Waals surface area contributed by atoms with Gasteiger partial charge in [-0.2, -0.15) is 10.2 Å². The van der Waals surface area contributed by atoms with E-state index in [-0.39, 0.29) is 17.4 Å². The molecule has 142 valence electrons. The summed E-state index contributed by atoms with van der Waals surface area (Å²) in [6.07, 6.45) is 6.44. The van der Waals surface area contributed by atoms with Crippen LogP contribution in [-0.2, 0) is 10.0 Å². The molecule has 1 amide bonds. The first-order valence-corrected chi connectivity index (χ1v) is 10.6. The topological polar surface area (TPSA) is 92.3 Å². The average molecular weight is 386 g/mol. The van der Waals surface area contributed by atoms with E-state index in [1.54, 1.807) is 36.4 Å². The monoisotopic (exact) mass is 386 g/mol. The van der Waals surface area contributed by atoms with Crippen LogP contribution in [0.3, 0.4) is 0 Å². The van der Waals surface area contributed by atoms with Gasteiger partial charge in [-0.05, 0) is 49.3 Å². The molecule has 2 heterocycles. The number of hydrogen-bond donors (Lipinski definition) is 1. The summed E-state index contributed by atoms with van der Waals surface area (Å²) in [5.41, 5.74) is 0.491. The second kappa shape index (κ2) is 7.01. The lowest BCUT2D eigenvalue weighted by molar-refractivity contribution is 0.00507. The van der Waals surface area contributed by atoms with E-state index in [0.29, 0.717) is 23.5 Å². The molecule has 2 fully saturated rings. The van der Waals surface area contributed by atoms with Gasteiger partial charge in [0.2, 0.25) is 10.0 Å². The third kappa shape index (κ3) is 3.46. The van der Waals surface area contributed by atoms with E-state index in [1.165, 1.54) is 12.4 Å². The largest absolute Gasteiger partial charge is 0.339 e. The van der Waals surface area contributed by atoms with Crippen molar-refractivity contribution in [3.8, 4) is 0 Å². The summed E-state index contributed by atoms with van der Waals surface area (Å²) in [7, 11) is -3.51. The van der Waals surface area contributed by atoms with E-state index in [0.717, 1.165) is 25.7 Å². The molecule has 1 saturated carbocycles. The minimum Gasteiger partial charge on any atom is -0.339 e. The van der Waals surface area contributed by atoms with Crippen molar-refractivity contribution < 1.29 is 13.2 Å². The maximum atomic E-state index is 12.6. The Morgan fingerprint density at radius 1 is 1.07 bits per heavy atom. The van der Waals surface area contributed by atoms with Crippen LogP contribution in [0.4, 0.5) is 0 Å². The Morgan fingerprint density at radius 3 is 2.41 bits per heavy atom. The molecule has 8 heteroatoms. The smallest absolute Gasteiger partial charge is 0.255 e. The molecule has 1 aromatic carbocycles. The van der Waals surface area contributed by atoms with E-state index < -0.39 is 10.0 Å². The van der Waals surface area contributed by atoms with Crippen LogP contribution in [0.25, 0.3) is 0 Å². The van der Waals surface area contributed by atoms with Crippen molar-refractivity contribution in [2.45, 2.75) is 36.6 Å². The summed E-state index contributed by atoms with van der Waals surface area (Å²) in [5.74, 6) is -0.0412. The van der Waals surface area contributed by atoms with Gasteiger partial charge in [0.25, 0.3) is 5.91 Å². The molecule has 7 nitrogen and oxygen atoms in total. The number of nitrogens with zero attached hydrogens (tertiary/aromatic N) is 3. The van der Waals surface area contributed by atoms with Gasteiger partial charge in [-0.3, -0.25) is 4.79 Å². The minimum absolute atomic E-state index is 0.0412. The van der Waals surface area contributed by atoms with Crippen molar-refractivity contribution in [2.75, 3.05) is 13.1 Å². The molecule has 1 aliphatic heterocycles. The van der Waals surface area contributed by atoms with E-state index in [9.17, 15) is 13.2 Å². The molecule has 1 aromatic heterocycles. The van der Waals surface area contributed by atoms with Crippen LogP contribution in [-0.4, -0.2) is 48.6 Å². The van der Waals surface area contributed by atoms with Crippen LogP contribution < -0.4 is 4.72 Å². The zero-order chi connectivity index (χ0) is 18.9. The van der Waals surface area contributed by atoms with Crippen LogP contribution in [0, 0.1) is 5.41 Å². The number of nitrogens with one attached hydrogen (secondary N) is 1. The third-order valence-corrected chi connectivity index (χ3v) is 7.39. The fourth-order valence-electron chi connectivity index (χ4n) is 4.09. The van der Waals surface area contributed by atoms with E-state index in [2.05, 4.69) is 14.9 Å². The van der Waals surface area contributed by atoms with Gasteiger partial charge in [-0.15, -0.1) is 0 Å². The van der Waals surface area contributed by atoms with Gasteiger partial charge in [0.15, 0.2) is 0 Å². The van der Waals surface area contributed by atoms with Crippen LogP contribution in [0.15, 0.2) is 53.7 Å². The predicted octanol–water partition coefficient (Wildman–Crippen LogP) is 1.84. The van der Waals surface area contributed by atoms with Crippen LogP contribution in [0.2, 0.25) is 0 Å². The molecular weight excluding hydrogens is 364 g/mol. The number of carbonyl (C=O) groups is 1. The van der Waals surface area contributed by atoms with Gasteiger partial charge >= 0.3 is 0 Å². The van der Waals surface area contributed by atoms with Crippen molar-refractivity contribution in [2.24, 2.45) is 5.41 Å². The second-order valence-electron chi connectivity index (χ2n) is 7.31. The fraction of sp³-hybridized carbons (Fsp3) is 0.421. The lowest BCUT2D eigenvalue weighted by atomic mass is 9.59. The summed E-state index contributed by atoms with van der Waals surface area (Å²) in [6, 6.07) is 10.1. The summed E-state index contributed by atoms with van der Waals surface area (Å²) < 4.78 is 28.2. The average Bonchev–Trinajstić information content (AvgIpc) is 2.72. The van der Waals surface area contributed by atoms with Crippen molar-refractivity contribution in [1.82, 2.24) is 19.8 Å². The van der Waals surface area contributed by atoms with Gasteiger partial charge in [-0.1, -0.05) is 18.2 Å². The summed E-state index contributed by atoms with van der Waals surface area (Å²) in [4.78, 5) is 14.7. The number of benzene rings is 1. The summed E-state index contributed by atoms with van der Waals surface area (Å²) in [5, 5.41) is 7.46. The van der Waals surface area contributed by atoms with E-state index in [4.69, 9.17) is 0 Å². The van der Waals surface area contributed by atoms with Crippen LogP contribution in [0.5, 0.6) is 0 Å². The lowest BCUT2D eigenvalue weighted by Crippen LogP contribution is -2.59. The first kappa shape index (κ1) is 18.1. The highest BCUT2D eigenvalue weighted by atomic mass is 32.2. The molecule has 2 aromatic rings. The number of sulfonamides is 1. The number of aromatic nitrogens is 2. The van der Waals surface area contributed by atoms with Gasteiger partial charge in [0.1, 0.15) is 0 Å². The van der Waals surface area contributed by atoms with E-state index in [1.807, 2.05) is 4.90 Å². The number of rotatable bonds is 4. The van der Waals surface area contributed by atoms with Gasteiger partial charge in [0, 0.05) is 19.1 Å². The number of likely N-dealkylation sites (tertiary alicyclic amines) is 1. The van der Waals surface area contributed by atoms with Crippen molar-refractivity contribution in [3.05, 3.63) is 54.4 Å². The molecule has 0 unspecified atom stereocenters. The lowest BCUT2D eigenvalue weighted by Gasteiger charge is -2.53. The molecule has 1 aliphatic carbocycles. The molecule has 0 radical (unpaired) electrons. The Balaban J connectivity index is 1.41.